The standard InChI is InChI=1S/C65H127NO10/c1-3-5-7-9-11-13-15-17-19-21-23-24-25-26-27-28-29-30-31-32-33-35-36-38-40-42-44-46-48-50-52-57(68)60(70)56(55-75-65-63(73)62(72)61(71)59(54-67)76-65)66-64(74)58(69)53-51-49-47-45-43-41-39-37-34-22-20-18-16-14-12-10-8-6-4-2/h44,46,56-63,65,67-73H,3-43,45,47-55H2,1-2H3,(H,66,74)/b46-44+. The second kappa shape index (κ2) is 54.4. The normalized spacial score (nSPS) is 19.6. The smallest absolute Gasteiger partial charge is 0.249 e. The van der Waals surface area contributed by atoms with Gasteiger partial charge in [-0.1, -0.05) is 302 Å². The second-order valence-electron chi connectivity index (χ2n) is 23.5. The second-order valence-corrected chi connectivity index (χ2v) is 23.5. The number of hydrogen-bond donors (Lipinski definition) is 8. The van der Waals surface area contributed by atoms with Crippen molar-refractivity contribution in [2.45, 2.75) is 384 Å². The van der Waals surface area contributed by atoms with Gasteiger partial charge in [-0.3, -0.25) is 4.79 Å². The molecule has 8 N–H and O–H groups in total. The summed E-state index contributed by atoms with van der Waals surface area (Å²) in [5.74, 6) is -0.699. The molecule has 0 aliphatic carbocycles. The minimum atomic E-state index is -1.67. The molecule has 0 radical (unpaired) electrons. The summed E-state index contributed by atoms with van der Waals surface area (Å²) in [6.45, 7) is 3.50. The maximum Gasteiger partial charge on any atom is 0.249 e. The molecule has 0 spiro atoms. The first-order chi connectivity index (χ1) is 37.2. The molecule has 0 aromatic heterocycles. The molecule has 1 aliphatic rings. The van der Waals surface area contributed by atoms with Crippen molar-refractivity contribution in [1.29, 1.82) is 0 Å². The van der Waals surface area contributed by atoms with Crippen LogP contribution in [-0.4, -0.2) is 110 Å². The lowest BCUT2D eigenvalue weighted by molar-refractivity contribution is -0.303. The van der Waals surface area contributed by atoms with Crippen molar-refractivity contribution in [2.75, 3.05) is 13.2 Å². The molecular formula is C65H127NO10. The fourth-order valence-corrected chi connectivity index (χ4v) is 11.0. The number of carbonyl (C=O) groups is 1. The van der Waals surface area contributed by atoms with E-state index < -0.39 is 74.2 Å². The Labute approximate surface area is 468 Å². The first-order valence-electron chi connectivity index (χ1n) is 33.1. The summed E-state index contributed by atoms with van der Waals surface area (Å²) < 4.78 is 11.2. The van der Waals surface area contributed by atoms with Crippen LogP contribution >= 0.6 is 0 Å². The SMILES string of the molecule is CCCCCCCCCCCCCCCCCCCCCCCCCCC/C=C/CCCC(O)C(O)C(COC1OC(CO)C(O)C(O)C1O)NC(=O)C(O)CCCCCCCCCCCCCCCCCCCCC. The third kappa shape index (κ3) is 41.8. The van der Waals surface area contributed by atoms with Crippen molar-refractivity contribution in [3.63, 3.8) is 0 Å². The van der Waals surface area contributed by atoms with Gasteiger partial charge in [0, 0.05) is 0 Å². The van der Waals surface area contributed by atoms with Crippen molar-refractivity contribution < 1.29 is 50.0 Å². The number of nitrogens with one attached hydrogen (secondary N) is 1. The van der Waals surface area contributed by atoms with Crippen LogP contribution in [0.3, 0.4) is 0 Å². The van der Waals surface area contributed by atoms with Crippen molar-refractivity contribution in [3.8, 4) is 0 Å². The fraction of sp³-hybridized carbons (Fsp3) is 0.954. The molecule has 11 nitrogen and oxygen atoms in total. The maximum atomic E-state index is 13.2. The van der Waals surface area contributed by atoms with Crippen molar-refractivity contribution >= 4 is 5.91 Å². The molecule has 9 unspecified atom stereocenters. The lowest BCUT2D eigenvalue weighted by Gasteiger charge is -2.40. The van der Waals surface area contributed by atoms with E-state index in [0.29, 0.717) is 12.8 Å². The van der Waals surface area contributed by atoms with E-state index in [9.17, 15) is 40.5 Å². The number of unbranched alkanes of at least 4 members (excludes halogenated alkanes) is 44. The molecule has 1 amide bonds. The monoisotopic (exact) mass is 1080 g/mol. The summed E-state index contributed by atoms with van der Waals surface area (Å²) in [4.78, 5) is 13.2. The summed E-state index contributed by atoms with van der Waals surface area (Å²) in [6.07, 6.45) is 54.4. The molecule has 0 saturated carbocycles. The summed E-state index contributed by atoms with van der Waals surface area (Å²) in [5.41, 5.74) is 0. The Morgan fingerprint density at radius 3 is 1.13 bits per heavy atom. The van der Waals surface area contributed by atoms with Gasteiger partial charge >= 0.3 is 0 Å². The number of amides is 1. The summed E-state index contributed by atoms with van der Waals surface area (Å²) in [7, 11) is 0. The lowest BCUT2D eigenvalue weighted by atomic mass is 9.98. The number of carbonyl (C=O) groups excluding carboxylic acids is 1. The third-order valence-corrected chi connectivity index (χ3v) is 16.3. The Kier molecular flexibility index (Phi) is 52.2. The molecule has 452 valence electrons. The first kappa shape index (κ1) is 72.9. The fourth-order valence-electron chi connectivity index (χ4n) is 11.0. The summed E-state index contributed by atoms with van der Waals surface area (Å²) in [5, 5.41) is 76.3. The number of allylic oxidation sites excluding steroid dienone is 2. The van der Waals surface area contributed by atoms with Crippen LogP contribution < -0.4 is 5.32 Å². The molecule has 1 rings (SSSR count). The molecule has 76 heavy (non-hydrogen) atoms. The largest absolute Gasteiger partial charge is 0.394 e. The Balaban J connectivity index is 2.22. The summed E-state index contributed by atoms with van der Waals surface area (Å²) in [6, 6.07) is -1.18. The molecule has 0 aromatic carbocycles. The van der Waals surface area contributed by atoms with Gasteiger partial charge in [-0.15, -0.1) is 0 Å². The van der Waals surface area contributed by atoms with E-state index >= 15 is 0 Å². The average molecular weight is 1080 g/mol. The minimum Gasteiger partial charge on any atom is -0.394 e. The minimum absolute atomic E-state index is 0.260. The number of rotatable bonds is 58. The average Bonchev–Trinajstić information content (AvgIpc) is 3.42. The van der Waals surface area contributed by atoms with Crippen LogP contribution in [0, 0.1) is 0 Å². The van der Waals surface area contributed by atoms with Gasteiger partial charge in [0.1, 0.15) is 36.6 Å². The summed E-state index contributed by atoms with van der Waals surface area (Å²) >= 11 is 0. The highest BCUT2D eigenvalue weighted by Gasteiger charge is 2.44. The Bertz CT molecular complexity index is 1240. The highest BCUT2D eigenvalue weighted by atomic mass is 16.7. The molecule has 1 heterocycles. The van der Waals surface area contributed by atoms with Crippen LogP contribution in [-0.2, 0) is 14.3 Å². The van der Waals surface area contributed by atoms with Gasteiger partial charge in [0.05, 0.1) is 25.4 Å². The van der Waals surface area contributed by atoms with Crippen LogP contribution in [0.5, 0.6) is 0 Å². The maximum absolute atomic E-state index is 13.2. The molecule has 1 fully saturated rings. The number of ether oxygens (including phenoxy) is 2. The third-order valence-electron chi connectivity index (χ3n) is 16.3. The molecule has 1 saturated heterocycles. The predicted octanol–water partition coefficient (Wildman–Crippen LogP) is 15.1. The van der Waals surface area contributed by atoms with Gasteiger partial charge in [-0.2, -0.15) is 0 Å². The van der Waals surface area contributed by atoms with Gasteiger partial charge in [0.15, 0.2) is 6.29 Å². The topological polar surface area (TPSA) is 189 Å². The van der Waals surface area contributed by atoms with Crippen LogP contribution in [0.1, 0.15) is 328 Å². The number of aliphatic hydroxyl groups is 7. The van der Waals surface area contributed by atoms with Gasteiger partial charge < -0.3 is 50.5 Å². The van der Waals surface area contributed by atoms with Crippen molar-refractivity contribution in [1.82, 2.24) is 5.32 Å². The highest BCUT2D eigenvalue weighted by Crippen LogP contribution is 2.24. The van der Waals surface area contributed by atoms with E-state index in [4.69, 9.17) is 9.47 Å². The zero-order valence-corrected chi connectivity index (χ0v) is 49.8. The van der Waals surface area contributed by atoms with Crippen molar-refractivity contribution in [3.05, 3.63) is 12.2 Å². The van der Waals surface area contributed by atoms with E-state index in [2.05, 4.69) is 31.3 Å². The molecule has 0 bridgehead atoms. The van der Waals surface area contributed by atoms with Crippen LogP contribution in [0.25, 0.3) is 0 Å². The van der Waals surface area contributed by atoms with Crippen LogP contribution in [0.2, 0.25) is 0 Å². The number of hydrogen-bond acceptors (Lipinski definition) is 10. The quantitative estimate of drug-likeness (QED) is 0.0215. The molecule has 9 atom stereocenters. The van der Waals surface area contributed by atoms with Gasteiger partial charge in [-0.25, -0.2) is 0 Å². The van der Waals surface area contributed by atoms with Crippen molar-refractivity contribution in [2.24, 2.45) is 0 Å². The van der Waals surface area contributed by atoms with Gasteiger partial charge in [0.2, 0.25) is 5.91 Å². The van der Waals surface area contributed by atoms with Crippen LogP contribution in [0.4, 0.5) is 0 Å². The lowest BCUT2D eigenvalue weighted by Crippen LogP contribution is -2.60. The Morgan fingerprint density at radius 1 is 0.447 bits per heavy atom. The van der Waals surface area contributed by atoms with E-state index in [1.54, 1.807) is 0 Å². The van der Waals surface area contributed by atoms with E-state index in [1.165, 1.54) is 257 Å². The Hall–Kier alpha value is -1.15. The van der Waals surface area contributed by atoms with Gasteiger partial charge in [-0.05, 0) is 38.5 Å². The molecule has 0 aromatic rings. The van der Waals surface area contributed by atoms with E-state index in [1.807, 2.05) is 0 Å². The first-order valence-corrected chi connectivity index (χ1v) is 33.1. The Morgan fingerprint density at radius 2 is 0.776 bits per heavy atom. The van der Waals surface area contributed by atoms with E-state index in [0.717, 1.165) is 32.1 Å². The molecule has 11 heteroatoms. The van der Waals surface area contributed by atoms with Gasteiger partial charge in [0.25, 0.3) is 0 Å². The zero-order valence-electron chi connectivity index (χ0n) is 49.8. The highest BCUT2D eigenvalue weighted by molar-refractivity contribution is 5.80. The van der Waals surface area contributed by atoms with Crippen LogP contribution in [0.15, 0.2) is 12.2 Å². The zero-order chi connectivity index (χ0) is 55.4. The van der Waals surface area contributed by atoms with E-state index in [-0.39, 0.29) is 12.8 Å². The predicted molar refractivity (Wildman–Crippen MR) is 316 cm³/mol. The number of aliphatic hydroxyl groups excluding tert-OH is 7. The molecular weight excluding hydrogens is 955 g/mol. The molecule has 1 aliphatic heterocycles.